The van der Waals surface area contributed by atoms with Gasteiger partial charge in [0.05, 0.1) is 4.90 Å². The van der Waals surface area contributed by atoms with Gasteiger partial charge in [-0.1, -0.05) is 12.1 Å². The molecule has 0 aromatic rings. The van der Waals surface area contributed by atoms with Gasteiger partial charge in [-0.05, 0) is 18.7 Å². The molecular weight excluding hydrogens is 162 g/mol. The summed E-state index contributed by atoms with van der Waals surface area (Å²) in [5.74, 6) is 0. The van der Waals surface area contributed by atoms with E-state index in [2.05, 4.69) is 4.72 Å². The van der Waals surface area contributed by atoms with Crippen molar-refractivity contribution in [3.63, 3.8) is 0 Å². The zero-order chi connectivity index (χ0) is 8.06. The molecule has 0 saturated heterocycles. The summed E-state index contributed by atoms with van der Waals surface area (Å²) in [4.78, 5) is 0.414. The third-order valence-corrected chi connectivity index (χ3v) is 3.31. The Morgan fingerprint density at radius 3 is 2.36 bits per heavy atom. The molecular formula is C7H7NO2S. The van der Waals surface area contributed by atoms with Gasteiger partial charge in [0.15, 0.2) is 0 Å². The van der Waals surface area contributed by atoms with Gasteiger partial charge in [0.25, 0.3) is 0 Å². The van der Waals surface area contributed by atoms with Crippen molar-refractivity contribution in [2.75, 3.05) is 7.05 Å². The van der Waals surface area contributed by atoms with Crippen LogP contribution in [0.1, 0.15) is 0 Å². The minimum atomic E-state index is -3.19. The molecule has 0 atom stereocenters. The van der Waals surface area contributed by atoms with Gasteiger partial charge < -0.3 is 0 Å². The van der Waals surface area contributed by atoms with Crippen LogP contribution in [0, 0.1) is 0 Å². The minimum Gasteiger partial charge on any atom is -0.214 e. The largest absolute Gasteiger partial charge is 0.240 e. The zero-order valence-corrected chi connectivity index (χ0v) is 6.77. The maximum atomic E-state index is 11.1. The van der Waals surface area contributed by atoms with Crippen molar-refractivity contribution in [1.29, 1.82) is 0 Å². The topological polar surface area (TPSA) is 46.2 Å². The Morgan fingerprint density at radius 2 is 2.09 bits per heavy atom. The van der Waals surface area contributed by atoms with Crippen LogP contribution in [0.5, 0.6) is 0 Å². The second-order valence-corrected chi connectivity index (χ2v) is 4.27. The summed E-state index contributed by atoms with van der Waals surface area (Å²) in [6.45, 7) is 0. The molecule has 0 unspecified atom stereocenters. The highest BCUT2D eigenvalue weighted by atomic mass is 32.2. The van der Waals surface area contributed by atoms with Crippen molar-refractivity contribution in [1.82, 2.24) is 4.72 Å². The van der Waals surface area contributed by atoms with E-state index in [0.29, 0.717) is 4.90 Å². The fourth-order valence-corrected chi connectivity index (χ4v) is 2.06. The highest BCUT2D eigenvalue weighted by Crippen LogP contribution is 2.39. The van der Waals surface area contributed by atoms with Crippen LogP contribution in [0.15, 0.2) is 23.1 Å². The third kappa shape index (κ3) is 0.735. The molecule has 4 heteroatoms. The van der Waals surface area contributed by atoms with Gasteiger partial charge in [-0.15, -0.1) is 0 Å². The highest BCUT2D eigenvalue weighted by molar-refractivity contribution is 7.89. The van der Waals surface area contributed by atoms with Gasteiger partial charge in [0.1, 0.15) is 0 Å². The standard InChI is InChI=1S/C7H7NO2S/c1-8-11(9,10)7-4-5-2-3-6(5)7/h2-4,8H,1H3. The van der Waals surface area contributed by atoms with E-state index in [1.165, 1.54) is 7.05 Å². The Hall–Kier alpha value is -0.870. The van der Waals surface area contributed by atoms with Gasteiger partial charge in [-0.2, -0.15) is 0 Å². The third-order valence-electron chi connectivity index (χ3n) is 1.85. The van der Waals surface area contributed by atoms with E-state index in [1.54, 1.807) is 12.1 Å². The molecule has 0 aromatic carbocycles. The Morgan fingerprint density at radius 1 is 1.36 bits per heavy atom. The molecule has 11 heavy (non-hydrogen) atoms. The lowest BCUT2D eigenvalue weighted by Crippen LogP contribution is -2.21. The number of nitrogens with one attached hydrogen (secondary N) is 1. The van der Waals surface area contributed by atoms with Crippen LogP contribution in [-0.4, -0.2) is 15.5 Å². The average molecular weight is 169 g/mol. The summed E-state index contributed by atoms with van der Waals surface area (Å²) >= 11 is 0. The quantitative estimate of drug-likeness (QED) is 0.714. The predicted molar refractivity (Wildman–Crippen MR) is 41.7 cm³/mol. The van der Waals surface area contributed by atoms with Gasteiger partial charge in [-0.3, -0.25) is 0 Å². The second-order valence-electron chi connectivity index (χ2n) is 2.42. The summed E-state index contributed by atoms with van der Waals surface area (Å²) in [7, 11) is -1.78. The molecule has 0 aromatic heterocycles. The van der Waals surface area contributed by atoms with Gasteiger partial charge in [0, 0.05) is 5.56 Å². The predicted octanol–water partition coefficient (Wildman–Crippen LogP) is 0.575. The van der Waals surface area contributed by atoms with Crippen molar-refractivity contribution in [3.8, 4) is 11.1 Å². The van der Waals surface area contributed by atoms with Crippen molar-refractivity contribution >= 4 is 10.0 Å². The van der Waals surface area contributed by atoms with Gasteiger partial charge in [0.2, 0.25) is 10.0 Å². The molecule has 0 spiro atoms. The summed E-state index contributed by atoms with van der Waals surface area (Å²) in [6.07, 6.45) is 0. The van der Waals surface area contributed by atoms with E-state index in [1.807, 2.05) is 6.07 Å². The maximum absolute atomic E-state index is 11.1. The van der Waals surface area contributed by atoms with Gasteiger partial charge >= 0.3 is 0 Å². The lowest BCUT2D eigenvalue weighted by molar-refractivity contribution is 0.588. The Balaban J connectivity index is 2.52. The lowest BCUT2D eigenvalue weighted by Gasteiger charge is -2.19. The van der Waals surface area contributed by atoms with Crippen LogP contribution in [0.3, 0.4) is 0 Å². The second kappa shape index (κ2) is 1.84. The van der Waals surface area contributed by atoms with E-state index in [-0.39, 0.29) is 0 Å². The maximum Gasteiger partial charge on any atom is 0.240 e. The number of benzene rings is 1. The first kappa shape index (κ1) is 6.82. The normalized spacial score (nSPS) is 13.2. The number of rotatable bonds is 2. The van der Waals surface area contributed by atoms with E-state index in [0.717, 1.165) is 11.1 Å². The van der Waals surface area contributed by atoms with Crippen molar-refractivity contribution in [2.24, 2.45) is 0 Å². The van der Waals surface area contributed by atoms with Crippen LogP contribution in [0.2, 0.25) is 0 Å². The van der Waals surface area contributed by atoms with Crippen molar-refractivity contribution in [3.05, 3.63) is 18.2 Å². The molecule has 2 rings (SSSR count). The Bertz CT molecular complexity index is 408. The summed E-state index contributed by atoms with van der Waals surface area (Å²) < 4.78 is 24.5. The molecule has 2 aliphatic rings. The van der Waals surface area contributed by atoms with E-state index in [9.17, 15) is 8.42 Å². The molecule has 1 N–H and O–H groups in total. The molecule has 3 nitrogen and oxygen atoms in total. The molecule has 0 bridgehead atoms. The Labute approximate surface area is 65.1 Å². The molecule has 2 aliphatic carbocycles. The molecule has 0 amide bonds. The first-order chi connectivity index (χ1) is 5.15. The van der Waals surface area contributed by atoms with Crippen LogP contribution in [0.4, 0.5) is 0 Å². The SMILES string of the molecule is CNS(=O)(=O)c1cc2ccc1-2. The van der Waals surface area contributed by atoms with Crippen LogP contribution in [-0.2, 0) is 10.0 Å². The molecule has 0 saturated carbocycles. The smallest absolute Gasteiger partial charge is 0.214 e. The molecule has 58 valence electrons. The summed E-state index contributed by atoms with van der Waals surface area (Å²) in [5, 5.41) is 0. The zero-order valence-electron chi connectivity index (χ0n) is 5.96. The van der Waals surface area contributed by atoms with E-state index < -0.39 is 10.0 Å². The average Bonchev–Trinajstić information content (AvgIpc) is 1.95. The lowest BCUT2D eigenvalue weighted by atomic mass is 9.94. The fraction of sp³-hybridized carbons (Fsp3) is 0.143. The summed E-state index contributed by atoms with van der Waals surface area (Å²) in [5.41, 5.74) is 1.90. The highest BCUT2D eigenvalue weighted by Gasteiger charge is 2.25. The van der Waals surface area contributed by atoms with Crippen LogP contribution in [0.25, 0.3) is 11.1 Å². The fourth-order valence-electron chi connectivity index (χ4n) is 1.09. The molecule has 0 radical (unpaired) electrons. The first-order valence-corrected chi connectivity index (χ1v) is 4.71. The van der Waals surface area contributed by atoms with Crippen LogP contribution < -0.4 is 4.72 Å². The van der Waals surface area contributed by atoms with Crippen LogP contribution >= 0.6 is 0 Å². The van der Waals surface area contributed by atoms with E-state index in [4.69, 9.17) is 0 Å². The molecule has 0 fully saturated rings. The Kier molecular flexibility index (Phi) is 1.14. The molecule has 0 aliphatic heterocycles. The minimum absolute atomic E-state index is 0.414. The number of fused-ring (bicyclic) bond motifs is 1. The monoisotopic (exact) mass is 169 g/mol. The first-order valence-electron chi connectivity index (χ1n) is 3.23. The summed E-state index contributed by atoms with van der Waals surface area (Å²) in [6, 6.07) is 5.37. The molecule has 0 heterocycles. The number of hydrogen-bond acceptors (Lipinski definition) is 2. The van der Waals surface area contributed by atoms with E-state index >= 15 is 0 Å². The number of hydrogen-bond donors (Lipinski definition) is 1. The number of sulfonamides is 1. The van der Waals surface area contributed by atoms with Gasteiger partial charge in [-0.25, -0.2) is 13.1 Å². The van der Waals surface area contributed by atoms with Crippen molar-refractivity contribution < 1.29 is 8.42 Å². The van der Waals surface area contributed by atoms with Crippen molar-refractivity contribution in [2.45, 2.75) is 4.90 Å².